The predicted octanol–water partition coefficient (Wildman–Crippen LogP) is 0.163. The van der Waals surface area contributed by atoms with Gasteiger partial charge in [0.1, 0.15) is 11.8 Å². The monoisotopic (exact) mass is 486 g/mol. The van der Waals surface area contributed by atoms with E-state index in [1.807, 2.05) is 12.1 Å². The molecule has 10 nitrogen and oxygen atoms in total. The normalized spacial score (nSPS) is 30.6. The summed E-state index contributed by atoms with van der Waals surface area (Å²) in [6.45, 7) is 5.04. The van der Waals surface area contributed by atoms with Crippen LogP contribution >= 0.6 is 0 Å². The van der Waals surface area contributed by atoms with Crippen molar-refractivity contribution >= 4 is 17.7 Å². The van der Waals surface area contributed by atoms with E-state index < -0.39 is 6.04 Å². The fourth-order valence-electron chi connectivity index (χ4n) is 5.37. The Labute approximate surface area is 205 Å². The van der Waals surface area contributed by atoms with Crippen molar-refractivity contribution in [3.63, 3.8) is 0 Å². The van der Waals surface area contributed by atoms with Crippen molar-refractivity contribution in [2.75, 3.05) is 46.0 Å². The molecule has 35 heavy (non-hydrogen) atoms. The molecule has 0 unspecified atom stereocenters. The lowest BCUT2D eigenvalue weighted by atomic mass is 9.96. The zero-order chi connectivity index (χ0) is 24.4. The van der Waals surface area contributed by atoms with Gasteiger partial charge >= 0.3 is 0 Å². The van der Waals surface area contributed by atoms with Crippen molar-refractivity contribution in [3.05, 3.63) is 29.8 Å². The number of rotatable bonds is 2. The van der Waals surface area contributed by atoms with E-state index in [2.05, 4.69) is 15.5 Å². The van der Waals surface area contributed by atoms with Crippen LogP contribution in [0.4, 0.5) is 0 Å². The van der Waals surface area contributed by atoms with Crippen LogP contribution in [-0.4, -0.2) is 104 Å². The first-order valence-electron chi connectivity index (χ1n) is 12.5. The summed E-state index contributed by atoms with van der Waals surface area (Å²) in [4.78, 5) is 42.8. The molecule has 5 rings (SSSR count). The number of piperazine rings is 1. The molecule has 0 aliphatic carbocycles. The smallest absolute Gasteiger partial charge is 0.258 e. The fourth-order valence-corrected chi connectivity index (χ4v) is 5.37. The molecule has 0 saturated carbocycles. The SMILES string of the molecule is CC(=O)N[C@@H]1CC[C@H]2CCOc3ccccc3C(=O)N3CCN(C4COC4)C[C@H]3C(=O)NC[C@H]1O2. The Morgan fingerprint density at radius 3 is 2.71 bits per heavy atom. The third kappa shape index (κ3) is 5.29. The van der Waals surface area contributed by atoms with Gasteiger partial charge in [-0.1, -0.05) is 12.1 Å². The molecule has 190 valence electrons. The summed E-state index contributed by atoms with van der Waals surface area (Å²) in [7, 11) is 0. The Hall–Kier alpha value is -2.69. The second-order valence-corrected chi connectivity index (χ2v) is 9.76. The maximum Gasteiger partial charge on any atom is 0.258 e. The third-order valence-electron chi connectivity index (χ3n) is 7.41. The van der Waals surface area contributed by atoms with Crippen LogP contribution in [0.3, 0.4) is 0 Å². The highest BCUT2D eigenvalue weighted by Crippen LogP contribution is 2.27. The van der Waals surface area contributed by atoms with Gasteiger partial charge in [0, 0.05) is 39.5 Å². The van der Waals surface area contributed by atoms with Gasteiger partial charge in [-0.3, -0.25) is 19.3 Å². The summed E-state index contributed by atoms with van der Waals surface area (Å²) in [5, 5.41) is 6.00. The standard InChI is InChI=1S/C25H34N4O6/c1-16(30)27-20-7-6-18-8-11-34-22-5-3-2-4-19(22)25(32)29-10-9-28(17-14-33-15-17)13-21(29)24(31)26-12-23(20)35-18/h2-5,17-18,20-21,23H,6-15H2,1H3,(H,26,31)(H,27,30)/t18-,20+,21-,23+/m0/s1. The number of amides is 3. The van der Waals surface area contributed by atoms with Crippen LogP contribution in [-0.2, 0) is 19.1 Å². The molecule has 2 bridgehead atoms. The van der Waals surface area contributed by atoms with E-state index in [4.69, 9.17) is 14.2 Å². The van der Waals surface area contributed by atoms with E-state index in [1.54, 1.807) is 17.0 Å². The van der Waals surface area contributed by atoms with Crippen molar-refractivity contribution in [1.29, 1.82) is 0 Å². The lowest BCUT2D eigenvalue weighted by Gasteiger charge is -2.46. The quantitative estimate of drug-likeness (QED) is 0.613. The molecule has 4 aliphatic heterocycles. The summed E-state index contributed by atoms with van der Waals surface area (Å²) in [5.41, 5.74) is 0.468. The van der Waals surface area contributed by atoms with E-state index in [0.717, 1.165) is 12.8 Å². The minimum Gasteiger partial charge on any atom is -0.493 e. The lowest BCUT2D eigenvalue weighted by Crippen LogP contribution is -2.65. The first kappa shape index (κ1) is 24.0. The first-order valence-corrected chi connectivity index (χ1v) is 12.5. The molecule has 3 fully saturated rings. The second-order valence-electron chi connectivity index (χ2n) is 9.76. The van der Waals surface area contributed by atoms with Gasteiger partial charge < -0.3 is 29.7 Å². The molecular formula is C25H34N4O6. The molecule has 1 aromatic rings. The molecule has 0 aromatic heterocycles. The number of nitrogens with one attached hydrogen (secondary N) is 2. The highest BCUT2D eigenvalue weighted by molar-refractivity contribution is 6.00. The summed E-state index contributed by atoms with van der Waals surface area (Å²) < 4.78 is 17.7. The second kappa shape index (κ2) is 10.5. The van der Waals surface area contributed by atoms with Crippen LogP contribution in [0.2, 0.25) is 0 Å². The molecule has 1 aromatic carbocycles. The number of nitrogens with zero attached hydrogens (tertiary/aromatic N) is 2. The molecule has 0 radical (unpaired) electrons. The van der Waals surface area contributed by atoms with Gasteiger partial charge in [0.05, 0.1) is 49.7 Å². The van der Waals surface area contributed by atoms with E-state index in [-0.39, 0.29) is 48.6 Å². The molecule has 10 heteroatoms. The summed E-state index contributed by atoms with van der Waals surface area (Å²) in [6, 6.07) is 6.67. The summed E-state index contributed by atoms with van der Waals surface area (Å²) in [5.74, 6) is -0.0157. The summed E-state index contributed by atoms with van der Waals surface area (Å²) in [6.07, 6.45) is 1.82. The van der Waals surface area contributed by atoms with Gasteiger partial charge in [-0.15, -0.1) is 0 Å². The minimum absolute atomic E-state index is 0.0481. The maximum atomic E-state index is 13.7. The first-order chi connectivity index (χ1) is 17.0. The molecule has 4 aliphatic rings. The Morgan fingerprint density at radius 2 is 1.94 bits per heavy atom. The molecule has 3 saturated heterocycles. The van der Waals surface area contributed by atoms with Crippen molar-refractivity contribution in [2.24, 2.45) is 0 Å². The van der Waals surface area contributed by atoms with Crippen LogP contribution < -0.4 is 15.4 Å². The zero-order valence-electron chi connectivity index (χ0n) is 20.1. The van der Waals surface area contributed by atoms with Crippen LogP contribution in [0.25, 0.3) is 0 Å². The number of para-hydroxylation sites is 1. The number of hydrogen-bond donors (Lipinski definition) is 2. The maximum absolute atomic E-state index is 13.7. The number of carbonyl (C=O) groups is 3. The largest absolute Gasteiger partial charge is 0.493 e. The van der Waals surface area contributed by atoms with Crippen LogP contribution in [0.15, 0.2) is 24.3 Å². The van der Waals surface area contributed by atoms with Gasteiger partial charge in [-0.05, 0) is 25.0 Å². The molecule has 3 amide bonds. The predicted molar refractivity (Wildman–Crippen MR) is 126 cm³/mol. The van der Waals surface area contributed by atoms with Crippen LogP contribution in [0, 0.1) is 0 Å². The highest BCUT2D eigenvalue weighted by atomic mass is 16.5. The van der Waals surface area contributed by atoms with Gasteiger partial charge in [-0.2, -0.15) is 0 Å². The molecular weight excluding hydrogens is 452 g/mol. The zero-order valence-corrected chi connectivity index (χ0v) is 20.1. The lowest BCUT2D eigenvalue weighted by molar-refractivity contribution is -0.134. The van der Waals surface area contributed by atoms with E-state index in [1.165, 1.54) is 6.92 Å². The average Bonchev–Trinajstić information content (AvgIpc) is 2.82. The Morgan fingerprint density at radius 1 is 1.11 bits per heavy atom. The van der Waals surface area contributed by atoms with Crippen LogP contribution in [0.1, 0.15) is 36.5 Å². The molecule has 0 spiro atoms. The molecule has 4 atom stereocenters. The number of ether oxygens (including phenoxy) is 3. The van der Waals surface area contributed by atoms with Crippen molar-refractivity contribution < 1.29 is 28.6 Å². The van der Waals surface area contributed by atoms with E-state index >= 15 is 0 Å². The Kier molecular flexibility index (Phi) is 7.22. The Bertz CT molecular complexity index is 954. The molecule has 2 N–H and O–H groups in total. The molecule has 4 heterocycles. The van der Waals surface area contributed by atoms with Gasteiger partial charge in [0.25, 0.3) is 5.91 Å². The topological polar surface area (TPSA) is 109 Å². The number of benzene rings is 1. The van der Waals surface area contributed by atoms with Crippen molar-refractivity contribution in [1.82, 2.24) is 20.4 Å². The van der Waals surface area contributed by atoms with Crippen LogP contribution in [0.5, 0.6) is 5.75 Å². The van der Waals surface area contributed by atoms with E-state index in [0.29, 0.717) is 57.2 Å². The fraction of sp³-hybridized carbons (Fsp3) is 0.640. The third-order valence-corrected chi connectivity index (χ3v) is 7.41. The van der Waals surface area contributed by atoms with E-state index in [9.17, 15) is 14.4 Å². The van der Waals surface area contributed by atoms with Crippen molar-refractivity contribution in [2.45, 2.75) is 56.5 Å². The number of carbonyl (C=O) groups excluding carboxylic acids is 3. The average molecular weight is 487 g/mol. The van der Waals surface area contributed by atoms with Gasteiger partial charge in [0.2, 0.25) is 11.8 Å². The summed E-state index contributed by atoms with van der Waals surface area (Å²) >= 11 is 0. The van der Waals surface area contributed by atoms with Crippen molar-refractivity contribution in [3.8, 4) is 5.75 Å². The number of fused-ring (bicyclic) bond motifs is 4. The highest BCUT2D eigenvalue weighted by Gasteiger charge is 2.41. The number of hydrogen-bond acceptors (Lipinski definition) is 7. The van der Waals surface area contributed by atoms with Gasteiger partial charge in [-0.25, -0.2) is 0 Å². The Balaban J connectivity index is 1.42. The minimum atomic E-state index is -0.647. The van der Waals surface area contributed by atoms with Gasteiger partial charge in [0.15, 0.2) is 0 Å².